The number of hydrogen-bond acceptors (Lipinski definition) is 0. The first-order valence-electron chi connectivity index (χ1n) is 6.28. The van der Waals surface area contributed by atoms with Crippen molar-refractivity contribution < 1.29 is 0 Å². The van der Waals surface area contributed by atoms with E-state index in [9.17, 15) is 0 Å². The summed E-state index contributed by atoms with van der Waals surface area (Å²) in [4.78, 5) is 0. The Morgan fingerprint density at radius 1 is 1.33 bits per heavy atom. The molecule has 0 aromatic heterocycles. The highest BCUT2D eigenvalue weighted by atomic mass is 14.5. The fourth-order valence-electron chi connectivity index (χ4n) is 3.52. The molecule has 84 valence electrons. The molecule has 2 aliphatic rings. The lowest BCUT2D eigenvalue weighted by atomic mass is 9.56. The topological polar surface area (TPSA) is 0 Å². The predicted molar refractivity (Wildman–Crippen MR) is 66.7 cm³/mol. The lowest BCUT2D eigenvalue weighted by Gasteiger charge is -2.48. The Kier molecular flexibility index (Phi) is 2.37. The van der Waals surface area contributed by atoms with Crippen molar-refractivity contribution in [2.45, 2.75) is 47.0 Å². The van der Waals surface area contributed by atoms with E-state index >= 15 is 0 Å². The minimum Gasteiger partial charge on any atom is -0.103 e. The van der Waals surface area contributed by atoms with Crippen molar-refractivity contribution in [1.82, 2.24) is 0 Å². The molecular formula is C15H24. The summed E-state index contributed by atoms with van der Waals surface area (Å²) in [5.74, 6) is 1.52. The number of rotatable bonds is 1. The molecule has 0 aromatic rings. The normalized spacial score (nSPS) is 49.7. The van der Waals surface area contributed by atoms with E-state index in [2.05, 4.69) is 46.4 Å². The highest BCUT2D eigenvalue weighted by Gasteiger charge is 2.49. The van der Waals surface area contributed by atoms with E-state index in [0.29, 0.717) is 16.7 Å². The molecule has 0 bridgehead atoms. The average molecular weight is 204 g/mol. The van der Waals surface area contributed by atoms with Crippen LogP contribution in [-0.2, 0) is 0 Å². The zero-order chi connectivity index (χ0) is 11.3. The molecule has 0 aliphatic heterocycles. The van der Waals surface area contributed by atoms with Gasteiger partial charge in [-0.05, 0) is 41.9 Å². The van der Waals surface area contributed by atoms with Crippen LogP contribution in [0.3, 0.4) is 0 Å². The van der Waals surface area contributed by atoms with Crippen molar-refractivity contribution in [2.24, 2.45) is 22.7 Å². The molecule has 0 heteroatoms. The van der Waals surface area contributed by atoms with Gasteiger partial charge in [-0.1, -0.05) is 45.4 Å². The second-order valence-corrected chi connectivity index (χ2v) is 6.15. The van der Waals surface area contributed by atoms with Crippen molar-refractivity contribution in [2.75, 3.05) is 0 Å². The van der Waals surface area contributed by atoms with Crippen molar-refractivity contribution in [3.63, 3.8) is 0 Å². The van der Waals surface area contributed by atoms with Gasteiger partial charge in [0.1, 0.15) is 0 Å². The number of fused-ring (bicyclic) bond motifs is 1. The lowest BCUT2D eigenvalue weighted by molar-refractivity contribution is 0.122. The first-order valence-corrected chi connectivity index (χ1v) is 6.28. The van der Waals surface area contributed by atoms with Gasteiger partial charge in [-0.3, -0.25) is 0 Å². The third kappa shape index (κ3) is 1.33. The Balaban J connectivity index is 2.36. The third-order valence-corrected chi connectivity index (χ3v) is 5.54. The van der Waals surface area contributed by atoms with Gasteiger partial charge in [0.2, 0.25) is 0 Å². The van der Waals surface area contributed by atoms with Gasteiger partial charge in [0, 0.05) is 0 Å². The van der Waals surface area contributed by atoms with Crippen molar-refractivity contribution in [1.29, 1.82) is 0 Å². The molecule has 0 amide bonds. The van der Waals surface area contributed by atoms with Crippen LogP contribution in [0.25, 0.3) is 0 Å². The summed E-state index contributed by atoms with van der Waals surface area (Å²) in [6.07, 6.45) is 8.61. The summed E-state index contributed by atoms with van der Waals surface area (Å²) in [5, 5.41) is 0. The Bertz CT molecular complexity index is 312. The second-order valence-electron chi connectivity index (χ2n) is 6.15. The van der Waals surface area contributed by atoms with Gasteiger partial charge < -0.3 is 0 Å². The van der Waals surface area contributed by atoms with Crippen LogP contribution >= 0.6 is 0 Å². The van der Waals surface area contributed by atoms with Crippen molar-refractivity contribution in [3.05, 3.63) is 24.3 Å². The van der Waals surface area contributed by atoms with Crippen LogP contribution in [-0.4, -0.2) is 0 Å². The highest BCUT2D eigenvalue weighted by Crippen LogP contribution is 2.59. The van der Waals surface area contributed by atoms with Crippen molar-refractivity contribution in [3.8, 4) is 0 Å². The zero-order valence-corrected chi connectivity index (χ0v) is 10.6. The molecule has 0 unspecified atom stereocenters. The highest BCUT2D eigenvalue weighted by molar-refractivity contribution is 5.29. The molecule has 15 heavy (non-hydrogen) atoms. The van der Waals surface area contributed by atoms with E-state index in [4.69, 9.17) is 0 Å². The molecule has 0 saturated heterocycles. The van der Waals surface area contributed by atoms with Gasteiger partial charge >= 0.3 is 0 Å². The Morgan fingerprint density at radius 2 is 2.00 bits per heavy atom. The monoisotopic (exact) mass is 204 g/mol. The first-order chi connectivity index (χ1) is 6.94. The van der Waals surface area contributed by atoms with E-state index in [-0.39, 0.29) is 0 Å². The summed E-state index contributed by atoms with van der Waals surface area (Å²) in [6, 6.07) is 0. The maximum Gasteiger partial charge on any atom is -0.00845 e. The average Bonchev–Trinajstić information content (AvgIpc) is 2.52. The largest absolute Gasteiger partial charge is 0.103 e. The smallest absolute Gasteiger partial charge is 0.00845 e. The molecule has 0 heterocycles. The molecule has 2 rings (SSSR count). The molecule has 0 aromatic carbocycles. The standard InChI is InChI=1S/C15H24/c1-6-14(4)9-10-15(5)11(2)7-8-13(15)12(14)3/h6,8,11-12H,1,7,9-10H2,2-5H3/t11-,12+,14+,15+/m0/s1. The third-order valence-electron chi connectivity index (χ3n) is 5.54. The SMILES string of the molecule is C=C[C@]1(C)CC[C@@]2(C)C(=CC[C@@H]2C)[C@H]1C. The molecule has 0 N–H and O–H groups in total. The van der Waals surface area contributed by atoms with Crippen LogP contribution in [0.5, 0.6) is 0 Å². The van der Waals surface area contributed by atoms with Gasteiger partial charge in [0.15, 0.2) is 0 Å². The Labute approximate surface area is 94.5 Å². The molecule has 0 radical (unpaired) electrons. The summed E-state index contributed by atoms with van der Waals surface area (Å²) in [7, 11) is 0. The quantitative estimate of drug-likeness (QED) is 0.548. The van der Waals surface area contributed by atoms with Crippen LogP contribution in [0, 0.1) is 22.7 Å². The molecule has 2 aliphatic carbocycles. The minimum absolute atomic E-state index is 0.329. The maximum atomic E-state index is 4.04. The van der Waals surface area contributed by atoms with E-state index < -0.39 is 0 Å². The fourth-order valence-corrected chi connectivity index (χ4v) is 3.52. The summed E-state index contributed by atoms with van der Waals surface area (Å²) in [6.45, 7) is 13.7. The molecular weight excluding hydrogens is 180 g/mol. The summed E-state index contributed by atoms with van der Waals surface area (Å²) >= 11 is 0. The Hall–Kier alpha value is -0.520. The minimum atomic E-state index is 0.329. The van der Waals surface area contributed by atoms with Gasteiger partial charge in [-0.15, -0.1) is 6.58 Å². The lowest BCUT2D eigenvalue weighted by Crippen LogP contribution is -2.39. The van der Waals surface area contributed by atoms with Crippen LogP contribution in [0.15, 0.2) is 24.3 Å². The van der Waals surface area contributed by atoms with Gasteiger partial charge in [-0.2, -0.15) is 0 Å². The number of hydrogen-bond donors (Lipinski definition) is 0. The van der Waals surface area contributed by atoms with E-state index in [0.717, 1.165) is 5.92 Å². The maximum absolute atomic E-state index is 4.04. The Morgan fingerprint density at radius 3 is 2.60 bits per heavy atom. The summed E-state index contributed by atoms with van der Waals surface area (Å²) < 4.78 is 0. The van der Waals surface area contributed by atoms with Crippen LogP contribution in [0.1, 0.15) is 47.0 Å². The predicted octanol–water partition coefficient (Wildman–Crippen LogP) is 4.58. The van der Waals surface area contributed by atoms with Gasteiger partial charge in [-0.25, -0.2) is 0 Å². The zero-order valence-electron chi connectivity index (χ0n) is 10.6. The molecule has 0 nitrogen and oxygen atoms in total. The van der Waals surface area contributed by atoms with Crippen molar-refractivity contribution >= 4 is 0 Å². The first kappa shape index (κ1) is 11.0. The van der Waals surface area contributed by atoms with Gasteiger partial charge in [0.25, 0.3) is 0 Å². The second kappa shape index (κ2) is 3.23. The van der Waals surface area contributed by atoms with E-state index in [1.165, 1.54) is 19.3 Å². The number of allylic oxidation sites excluding steroid dienone is 3. The molecule has 0 spiro atoms. The van der Waals surface area contributed by atoms with Crippen LogP contribution in [0.2, 0.25) is 0 Å². The molecule has 4 atom stereocenters. The van der Waals surface area contributed by atoms with Crippen LogP contribution in [0.4, 0.5) is 0 Å². The van der Waals surface area contributed by atoms with E-state index in [1.54, 1.807) is 5.57 Å². The van der Waals surface area contributed by atoms with Gasteiger partial charge in [0.05, 0.1) is 0 Å². The van der Waals surface area contributed by atoms with Crippen LogP contribution < -0.4 is 0 Å². The molecule has 1 fully saturated rings. The fraction of sp³-hybridized carbons (Fsp3) is 0.733. The molecule has 1 saturated carbocycles. The summed E-state index contributed by atoms with van der Waals surface area (Å²) in [5.41, 5.74) is 2.53. The van der Waals surface area contributed by atoms with E-state index in [1.807, 2.05) is 0 Å².